The van der Waals surface area contributed by atoms with Crippen molar-refractivity contribution in [3.8, 4) is 22.9 Å². The van der Waals surface area contributed by atoms with Crippen molar-refractivity contribution in [3.63, 3.8) is 0 Å². The zero-order valence-electron chi connectivity index (χ0n) is 20.6. The van der Waals surface area contributed by atoms with Crippen molar-refractivity contribution in [2.24, 2.45) is 0 Å². The van der Waals surface area contributed by atoms with E-state index in [4.69, 9.17) is 4.74 Å². The van der Waals surface area contributed by atoms with Crippen LogP contribution in [-0.2, 0) is 10.8 Å². The lowest BCUT2D eigenvalue weighted by atomic mass is 9.78. The average molecular weight is 477 g/mol. The summed E-state index contributed by atoms with van der Waals surface area (Å²) in [5, 5.41) is 24.0. The number of phenols is 1. The number of fused-ring (bicyclic) bond motifs is 3. The fourth-order valence-corrected chi connectivity index (χ4v) is 4.46. The van der Waals surface area contributed by atoms with Gasteiger partial charge in [0.25, 0.3) is 0 Å². The highest BCUT2D eigenvalue weighted by molar-refractivity contribution is 7.99. The summed E-state index contributed by atoms with van der Waals surface area (Å²) in [5.74, 6) is 1.44. The van der Waals surface area contributed by atoms with Gasteiger partial charge in [0.2, 0.25) is 11.0 Å². The van der Waals surface area contributed by atoms with Gasteiger partial charge in [0.05, 0.1) is 0 Å². The number of phenolic OH excluding ortho intramolecular Hbond substituents is 1. The van der Waals surface area contributed by atoms with Crippen LogP contribution in [-0.4, -0.2) is 26.0 Å². The maximum atomic E-state index is 11.2. The Hall–Kier alpha value is -3.06. The van der Waals surface area contributed by atoms with Crippen LogP contribution in [0.1, 0.15) is 64.5 Å². The van der Waals surface area contributed by atoms with Gasteiger partial charge in [-0.05, 0) is 29.0 Å². The Balaban J connectivity index is 1.89. The molecule has 0 aliphatic carbocycles. The number of hydrogen-bond acceptors (Lipinski definition) is 7. The Morgan fingerprint density at radius 3 is 2.32 bits per heavy atom. The first-order chi connectivity index (χ1) is 16.0. The number of nitrogens with zero attached hydrogens (tertiary/aromatic N) is 3. The highest BCUT2D eigenvalue weighted by Gasteiger charge is 2.31. The molecule has 0 amide bonds. The van der Waals surface area contributed by atoms with Gasteiger partial charge in [-0.3, -0.25) is 0 Å². The van der Waals surface area contributed by atoms with Crippen molar-refractivity contribution in [2.45, 2.75) is 63.8 Å². The van der Waals surface area contributed by atoms with E-state index in [1.807, 2.05) is 36.4 Å². The maximum Gasteiger partial charge on any atom is 0.247 e. The third-order valence-electron chi connectivity index (χ3n) is 5.71. The largest absolute Gasteiger partial charge is 0.507 e. The van der Waals surface area contributed by atoms with Gasteiger partial charge in [-0.15, -0.1) is 16.8 Å². The molecule has 6 nitrogen and oxygen atoms in total. The third-order valence-corrected chi connectivity index (χ3v) is 6.55. The molecule has 1 unspecified atom stereocenters. The molecule has 3 aromatic rings. The molecular weight excluding hydrogens is 444 g/mol. The fraction of sp³-hybridized carbons (Fsp3) is 0.370. The number of para-hydroxylation sites is 1. The van der Waals surface area contributed by atoms with Crippen LogP contribution in [0.4, 0.5) is 5.69 Å². The summed E-state index contributed by atoms with van der Waals surface area (Å²) >= 11 is 1.46. The quantitative estimate of drug-likeness (QED) is 0.323. The Morgan fingerprint density at radius 2 is 1.71 bits per heavy atom. The number of rotatable bonds is 4. The first kappa shape index (κ1) is 24.1. The second-order valence-corrected chi connectivity index (χ2v) is 11.5. The molecule has 178 valence electrons. The predicted octanol–water partition coefficient (Wildman–Crippen LogP) is 6.62. The van der Waals surface area contributed by atoms with E-state index < -0.39 is 6.23 Å². The summed E-state index contributed by atoms with van der Waals surface area (Å²) in [5.41, 5.74) is 4.52. The summed E-state index contributed by atoms with van der Waals surface area (Å²) in [7, 11) is 0. The molecule has 1 aliphatic rings. The van der Waals surface area contributed by atoms with Crippen LogP contribution in [0.2, 0.25) is 0 Å². The Kier molecular flexibility index (Phi) is 6.34. The molecule has 4 rings (SSSR count). The fourth-order valence-electron chi connectivity index (χ4n) is 3.94. The van der Waals surface area contributed by atoms with Crippen LogP contribution < -0.4 is 10.1 Å². The highest BCUT2D eigenvalue weighted by atomic mass is 32.2. The highest BCUT2D eigenvalue weighted by Crippen LogP contribution is 2.44. The van der Waals surface area contributed by atoms with Gasteiger partial charge in [-0.1, -0.05) is 77.6 Å². The van der Waals surface area contributed by atoms with Crippen LogP contribution in [0.3, 0.4) is 0 Å². The molecule has 0 saturated carbocycles. The molecule has 1 atom stereocenters. The van der Waals surface area contributed by atoms with E-state index in [-0.39, 0.29) is 10.8 Å². The molecular formula is C27H32N4O2S. The summed E-state index contributed by atoms with van der Waals surface area (Å²) in [6.45, 7) is 16.4. The van der Waals surface area contributed by atoms with Crippen molar-refractivity contribution < 1.29 is 9.84 Å². The lowest BCUT2D eigenvalue weighted by Crippen LogP contribution is -2.22. The van der Waals surface area contributed by atoms with E-state index in [2.05, 4.69) is 68.6 Å². The first-order valence-electron chi connectivity index (χ1n) is 11.4. The molecule has 0 saturated heterocycles. The molecule has 1 aromatic heterocycles. The van der Waals surface area contributed by atoms with Crippen LogP contribution in [0.25, 0.3) is 11.3 Å². The van der Waals surface area contributed by atoms with E-state index in [0.29, 0.717) is 28.2 Å². The molecule has 0 bridgehead atoms. The second-order valence-electron chi connectivity index (χ2n) is 10.5. The van der Waals surface area contributed by atoms with Crippen LogP contribution >= 0.6 is 11.8 Å². The lowest BCUT2D eigenvalue weighted by molar-refractivity contribution is 0.224. The van der Waals surface area contributed by atoms with Gasteiger partial charge >= 0.3 is 0 Å². The van der Waals surface area contributed by atoms with Gasteiger partial charge < -0.3 is 15.2 Å². The first-order valence-corrected chi connectivity index (χ1v) is 12.4. The summed E-state index contributed by atoms with van der Waals surface area (Å²) in [4.78, 5) is 4.68. The second kappa shape index (κ2) is 8.95. The minimum atomic E-state index is -0.529. The maximum absolute atomic E-state index is 11.2. The molecule has 2 heterocycles. The Morgan fingerprint density at radius 1 is 1.06 bits per heavy atom. The zero-order valence-corrected chi connectivity index (χ0v) is 21.5. The topological polar surface area (TPSA) is 80.2 Å². The monoisotopic (exact) mass is 476 g/mol. The Bertz CT molecular complexity index is 1190. The number of aromatic hydroxyl groups is 1. The van der Waals surface area contributed by atoms with E-state index >= 15 is 0 Å². The van der Waals surface area contributed by atoms with Crippen molar-refractivity contribution in [1.29, 1.82) is 0 Å². The molecule has 0 radical (unpaired) electrons. The smallest absolute Gasteiger partial charge is 0.247 e. The average Bonchev–Trinajstić information content (AvgIpc) is 2.92. The van der Waals surface area contributed by atoms with Gasteiger partial charge in [0.15, 0.2) is 11.9 Å². The Labute approximate surface area is 205 Å². The summed E-state index contributed by atoms with van der Waals surface area (Å²) in [6.07, 6.45) is 1.28. The van der Waals surface area contributed by atoms with Crippen LogP contribution in [0.15, 0.2) is 54.2 Å². The number of hydrogen-bond donors (Lipinski definition) is 2. The minimum Gasteiger partial charge on any atom is -0.507 e. The standard InChI is InChI=1S/C27H32N4O2S/c1-8-13-34-25-29-24-21(30-31-25)17-11-9-10-12-20(17)28-23(33-24)16-14-18(26(2,3)4)22(32)19(15-16)27(5,6)7/h8-12,14-15,23,28,32H,1,13H2,2-7H3. The molecule has 2 aromatic carbocycles. The SMILES string of the molecule is C=CCSc1nnc2c(n1)OC(c1cc(C(C)(C)C)c(O)c(C(C)(C)C)c1)Nc1ccccc1-2. The zero-order chi connectivity index (χ0) is 24.7. The van der Waals surface area contributed by atoms with Crippen molar-refractivity contribution in [2.75, 3.05) is 11.1 Å². The van der Waals surface area contributed by atoms with E-state index in [1.165, 1.54) is 11.8 Å². The molecule has 7 heteroatoms. The number of nitrogens with one attached hydrogen (secondary N) is 1. The normalized spacial score (nSPS) is 15.4. The van der Waals surface area contributed by atoms with Crippen molar-refractivity contribution >= 4 is 17.4 Å². The van der Waals surface area contributed by atoms with E-state index in [9.17, 15) is 5.11 Å². The van der Waals surface area contributed by atoms with E-state index in [1.54, 1.807) is 6.08 Å². The number of benzene rings is 2. The van der Waals surface area contributed by atoms with Gasteiger partial charge in [0, 0.05) is 33.7 Å². The summed E-state index contributed by atoms with van der Waals surface area (Å²) < 4.78 is 6.48. The van der Waals surface area contributed by atoms with Gasteiger partial charge in [0.1, 0.15) is 5.75 Å². The van der Waals surface area contributed by atoms with Crippen molar-refractivity contribution in [3.05, 3.63) is 65.7 Å². The molecule has 2 N–H and O–H groups in total. The molecule has 1 aliphatic heterocycles. The summed E-state index contributed by atoms with van der Waals surface area (Å²) in [6, 6.07) is 12.0. The van der Waals surface area contributed by atoms with Crippen LogP contribution in [0.5, 0.6) is 11.6 Å². The molecule has 34 heavy (non-hydrogen) atoms. The van der Waals surface area contributed by atoms with Gasteiger partial charge in [-0.2, -0.15) is 4.98 Å². The lowest BCUT2D eigenvalue weighted by Gasteiger charge is -2.30. The number of thioether (sulfide) groups is 1. The molecule has 0 fully saturated rings. The minimum absolute atomic E-state index is 0.251. The number of aromatic nitrogens is 3. The van der Waals surface area contributed by atoms with Crippen LogP contribution in [0, 0.1) is 0 Å². The van der Waals surface area contributed by atoms with E-state index in [0.717, 1.165) is 27.9 Å². The molecule has 0 spiro atoms. The van der Waals surface area contributed by atoms with Crippen molar-refractivity contribution in [1.82, 2.24) is 15.2 Å². The number of anilines is 1. The van der Waals surface area contributed by atoms with Gasteiger partial charge in [-0.25, -0.2) is 0 Å². The predicted molar refractivity (Wildman–Crippen MR) is 139 cm³/mol. The third kappa shape index (κ3) is 4.75. The number of ether oxygens (including phenoxy) is 1.